The first-order chi connectivity index (χ1) is 13.1. The SMILES string of the molecule is COc1cccc(C2CCCN2C(=O)c2ccc3c(c2)CCN3C(C)=O)c1. The summed E-state index contributed by atoms with van der Waals surface area (Å²) in [5.41, 5.74) is 3.83. The van der Waals surface area contributed by atoms with Gasteiger partial charge in [-0.1, -0.05) is 12.1 Å². The van der Waals surface area contributed by atoms with Crippen molar-refractivity contribution in [3.8, 4) is 5.75 Å². The molecule has 140 valence electrons. The maximum Gasteiger partial charge on any atom is 0.254 e. The Balaban J connectivity index is 1.59. The van der Waals surface area contributed by atoms with Crippen LogP contribution in [0.2, 0.25) is 0 Å². The maximum absolute atomic E-state index is 13.2. The minimum atomic E-state index is 0.0467. The molecule has 0 aromatic heterocycles. The van der Waals surface area contributed by atoms with Crippen molar-refractivity contribution in [2.45, 2.75) is 32.2 Å². The Morgan fingerprint density at radius 3 is 2.74 bits per heavy atom. The molecule has 0 spiro atoms. The number of rotatable bonds is 3. The van der Waals surface area contributed by atoms with Gasteiger partial charge in [0.05, 0.1) is 13.2 Å². The van der Waals surface area contributed by atoms with Gasteiger partial charge in [-0.25, -0.2) is 0 Å². The first-order valence-electron chi connectivity index (χ1n) is 9.44. The standard InChI is InChI=1S/C22H24N2O3/c1-15(25)23-12-10-17-13-18(8-9-21(17)23)22(26)24-11-4-7-20(24)16-5-3-6-19(14-16)27-2/h3,5-6,8-9,13-14,20H,4,7,10-12H2,1-2H3. The van der Waals surface area contributed by atoms with Gasteiger partial charge in [0.15, 0.2) is 0 Å². The highest BCUT2D eigenvalue weighted by Crippen LogP contribution is 2.35. The van der Waals surface area contributed by atoms with Crippen molar-refractivity contribution in [1.29, 1.82) is 0 Å². The number of amides is 2. The molecule has 5 heteroatoms. The van der Waals surface area contributed by atoms with Crippen LogP contribution in [0.1, 0.15) is 47.3 Å². The summed E-state index contributed by atoms with van der Waals surface area (Å²) in [6.45, 7) is 3.03. The van der Waals surface area contributed by atoms with Crippen molar-refractivity contribution < 1.29 is 14.3 Å². The van der Waals surface area contributed by atoms with Gasteiger partial charge in [0.2, 0.25) is 5.91 Å². The summed E-state index contributed by atoms with van der Waals surface area (Å²) < 4.78 is 5.34. The Morgan fingerprint density at radius 2 is 1.96 bits per heavy atom. The highest BCUT2D eigenvalue weighted by Gasteiger charge is 2.32. The number of anilines is 1. The number of carbonyl (C=O) groups is 2. The highest BCUT2D eigenvalue weighted by atomic mass is 16.5. The fourth-order valence-corrected chi connectivity index (χ4v) is 4.23. The van der Waals surface area contributed by atoms with Crippen LogP contribution in [0.15, 0.2) is 42.5 Å². The van der Waals surface area contributed by atoms with Crippen LogP contribution >= 0.6 is 0 Å². The summed E-state index contributed by atoms with van der Waals surface area (Å²) in [5, 5.41) is 0. The van der Waals surface area contributed by atoms with Crippen LogP contribution in [0.25, 0.3) is 0 Å². The molecule has 27 heavy (non-hydrogen) atoms. The second-order valence-corrected chi connectivity index (χ2v) is 7.20. The predicted octanol–water partition coefficient (Wildman–Crippen LogP) is 3.58. The van der Waals surface area contributed by atoms with Crippen LogP contribution < -0.4 is 9.64 Å². The summed E-state index contributed by atoms with van der Waals surface area (Å²) in [7, 11) is 1.66. The first-order valence-corrected chi connectivity index (χ1v) is 9.44. The lowest BCUT2D eigenvalue weighted by molar-refractivity contribution is -0.116. The van der Waals surface area contributed by atoms with E-state index in [1.165, 1.54) is 0 Å². The molecular weight excluding hydrogens is 340 g/mol. The summed E-state index contributed by atoms with van der Waals surface area (Å²) >= 11 is 0. The van der Waals surface area contributed by atoms with Gasteiger partial charge in [0.25, 0.3) is 5.91 Å². The first kappa shape index (κ1) is 17.6. The second kappa shape index (κ2) is 7.06. The summed E-state index contributed by atoms with van der Waals surface area (Å²) in [6.07, 6.45) is 2.76. The Kier molecular flexibility index (Phi) is 4.60. The molecule has 2 heterocycles. The highest BCUT2D eigenvalue weighted by molar-refractivity contribution is 5.98. The molecule has 1 saturated heterocycles. The molecule has 0 aliphatic carbocycles. The van der Waals surface area contributed by atoms with E-state index >= 15 is 0 Å². The number of benzene rings is 2. The molecule has 2 aromatic carbocycles. The number of ether oxygens (including phenoxy) is 1. The van der Waals surface area contributed by atoms with Crippen molar-refractivity contribution in [1.82, 2.24) is 4.90 Å². The van der Waals surface area contributed by atoms with Gasteiger partial charge in [-0.15, -0.1) is 0 Å². The Hall–Kier alpha value is -2.82. The third-order valence-electron chi connectivity index (χ3n) is 5.59. The van der Waals surface area contributed by atoms with Gasteiger partial charge in [-0.05, 0) is 60.7 Å². The van der Waals surface area contributed by atoms with Crippen LogP contribution in [0.5, 0.6) is 5.75 Å². The van der Waals surface area contributed by atoms with Gasteiger partial charge in [0, 0.05) is 31.3 Å². The van der Waals surface area contributed by atoms with Crippen LogP contribution in [-0.4, -0.2) is 36.9 Å². The van der Waals surface area contributed by atoms with Crippen LogP contribution in [0, 0.1) is 0 Å². The molecule has 4 rings (SSSR count). The predicted molar refractivity (Wildman–Crippen MR) is 104 cm³/mol. The fraction of sp³-hybridized carbons (Fsp3) is 0.364. The zero-order valence-electron chi connectivity index (χ0n) is 15.8. The zero-order chi connectivity index (χ0) is 19.0. The van der Waals surface area contributed by atoms with Gasteiger partial charge >= 0.3 is 0 Å². The molecule has 1 fully saturated rings. The van der Waals surface area contributed by atoms with E-state index in [0.717, 1.165) is 48.4 Å². The molecule has 2 aliphatic rings. The van der Waals surface area contributed by atoms with E-state index in [9.17, 15) is 9.59 Å². The van der Waals surface area contributed by atoms with E-state index < -0.39 is 0 Å². The molecule has 1 unspecified atom stereocenters. The van der Waals surface area contributed by atoms with Crippen molar-refractivity contribution in [2.24, 2.45) is 0 Å². The maximum atomic E-state index is 13.2. The van der Waals surface area contributed by atoms with Crippen LogP contribution in [0.3, 0.4) is 0 Å². The summed E-state index contributed by atoms with van der Waals surface area (Å²) in [6, 6.07) is 13.8. The molecular formula is C22H24N2O3. The normalized spacial score (nSPS) is 18.5. The Bertz CT molecular complexity index is 893. The fourth-order valence-electron chi connectivity index (χ4n) is 4.23. The molecule has 1 atom stereocenters. The van der Waals surface area contributed by atoms with E-state index in [2.05, 4.69) is 6.07 Å². The molecule has 5 nitrogen and oxygen atoms in total. The van der Waals surface area contributed by atoms with Crippen LogP contribution in [0.4, 0.5) is 5.69 Å². The van der Waals surface area contributed by atoms with Crippen LogP contribution in [-0.2, 0) is 11.2 Å². The van der Waals surface area contributed by atoms with E-state index in [-0.39, 0.29) is 17.9 Å². The summed E-state index contributed by atoms with van der Waals surface area (Å²) in [5.74, 6) is 0.920. The van der Waals surface area contributed by atoms with Crippen molar-refractivity contribution in [3.63, 3.8) is 0 Å². The Morgan fingerprint density at radius 1 is 1.11 bits per heavy atom. The minimum absolute atomic E-state index is 0.0467. The van der Waals surface area contributed by atoms with Crippen molar-refractivity contribution in [3.05, 3.63) is 59.2 Å². The minimum Gasteiger partial charge on any atom is -0.497 e. The van der Waals surface area contributed by atoms with E-state index in [1.54, 1.807) is 18.9 Å². The monoisotopic (exact) mass is 364 g/mol. The zero-order valence-corrected chi connectivity index (χ0v) is 15.8. The summed E-state index contributed by atoms with van der Waals surface area (Å²) in [4.78, 5) is 28.7. The molecule has 2 aromatic rings. The molecule has 0 N–H and O–H groups in total. The number of methoxy groups -OCH3 is 1. The van der Waals surface area contributed by atoms with Gasteiger partial charge in [0.1, 0.15) is 5.75 Å². The van der Waals surface area contributed by atoms with Gasteiger partial charge in [-0.2, -0.15) is 0 Å². The van der Waals surface area contributed by atoms with Gasteiger partial charge < -0.3 is 14.5 Å². The number of hydrogen-bond acceptors (Lipinski definition) is 3. The molecule has 2 aliphatic heterocycles. The number of nitrogens with zero attached hydrogens (tertiary/aromatic N) is 2. The second-order valence-electron chi connectivity index (χ2n) is 7.20. The average molecular weight is 364 g/mol. The smallest absolute Gasteiger partial charge is 0.254 e. The number of likely N-dealkylation sites (tertiary alicyclic amines) is 1. The lowest BCUT2D eigenvalue weighted by atomic mass is 10.0. The van der Waals surface area contributed by atoms with Gasteiger partial charge in [-0.3, -0.25) is 9.59 Å². The molecule has 0 radical (unpaired) electrons. The number of fused-ring (bicyclic) bond motifs is 1. The van der Waals surface area contributed by atoms with Crippen molar-refractivity contribution >= 4 is 17.5 Å². The van der Waals surface area contributed by atoms with Crippen molar-refractivity contribution in [2.75, 3.05) is 25.1 Å². The molecule has 0 bridgehead atoms. The van der Waals surface area contributed by atoms with E-state index in [4.69, 9.17) is 4.74 Å². The third kappa shape index (κ3) is 3.18. The topological polar surface area (TPSA) is 49.9 Å². The lowest BCUT2D eigenvalue weighted by Crippen LogP contribution is -2.30. The largest absolute Gasteiger partial charge is 0.497 e. The van der Waals surface area contributed by atoms with E-state index in [1.807, 2.05) is 41.3 Å². The van der Waals surface area contributed by atoms with E-state index in [0.29, 0.717) is 12.1 Å². The molecule has 2 amide bonds. The quantitative estimate of drug-likeness (QED) is 0.836. The third-order valence-corrected chi connectivity index (χ3v) is 5.59. The molecule has 0 saturated carbocycles. The number of hydrogen-bond donors (Lipinski definition) is 0. The number of carbonyl (C=O) groups excluding carboxylic acids is 2. The Labute approximate surface area is 159 Å². The average Bonchev–Trinajstić information content (AvgIpc) is 3.34. The lowest BCUT2D eigenvalue weighted by Gasteiger charge is -2.26.